The minimum Gasteiger partial charge on any atom is -0.485 e. The van der Waals surface area contributed by atoms with Gasteiger partial charge in [-0.15, -0.1) is 11.3 Å². The monoisotopic (exact) mass is 367 g/mol. The van der Waals surface area contributed by atoms with Gasteiger partial charge in [0.05, 0.1) is 11.3 Å². The Morgan fingerprint density at radius 3 is 2.67 bits per heavy atom. The third kappa shape index (κ3) is 3.92. The maximum absolute atomic E-state index is 11.2. The van der Waals surface area contributed by atoms with Crippen LogP contribution in [0.2, 0.25) is 0 Å². The Balaban J connectivity index is 2.17. The highest BCUT2D eigenvalue weighted by atomic mass is 79.9. The number of halogens is 1. The van der Waals surface area contributed by atoms with Crippen molar-refractivity contribution in [3.8, 4) is 5.75 Å². The fourth-order valence-corrected chi connectivity index (χ4v) is 3.42. The van der Waals surface area contributed by atoms with Crippen LogP contribution in [-0.2, 0) is 12.0 Å². The fourth-order valence-electron chi connectivity index (χ4n) is 1.90. The molecular weight excluding hydrogens is 350 g/mol. The van der Waals surface area contributed by atoms with Gasteiger partial charge in [-0.1, -0.05) is 36.7 Å². The molecule has 1 aromatic heterocycles. The van der Waals surface area contributed by atoms with Crippen molar-refractivity contribution in [2.24, 2.45) is 0 Å². The van der Waals surface area contributed by atoms with Crippen LogP contribution in [0.25, 0.3) is 0 Å². The van der Waals surface area contributed by atoms with Crippen LogP contribution in [0.5, 0.6) is 5.75 Å². The van der Waals surface area contributed by atoms with Gasteiger partial charge in [0.25, 0.3) is 0 Å². The molecule has 0 unspecified atom stereocenters. The first kappa shape index (κ1) is 16.2. The number of aldehydes is 1. The fraction of sp³-hybridized carbons (Fsp3) is 0.375. The Kier molecular flexibility index (Phi) is 4.84. The van der Waals surface area contributed by atoms with Gasteiger partial charge in [-0.25, -0.2) is 4.98 Å². The number of aryl methyl sites for hydroxylation is 1. The molecule has 0 amide bonds. The van der Waals surface area contributed by atoms with Crippen molar-refractivity contribution < 1.29 is 9.53 Å². The molecule has 0 spiro atoms. The van der Waals surface area contributed by atoms with Crippen LogP contribution < -0.4 is 4.74 Å². The first-order valence-electron chi connectivity index (χ1n) is 6.64. The molecule has 0 saturated heterocycles. The van der Waals surface area contributed by atoms with Gasteiger partial charge in [-0.05, 0) is 24.6 Å². The molecule has 0 fully saturated rings. The number of thiazole rings is 1. The average molecular weight is 368 g/mol. The summed E-state index contributed by atoms with van der Waals surface area (Å²) in [5.41, 5.74) is 2.58. The lowest BCUT2D eigenvalue weighted by Crippen LogP contribution is -2.11. The summed E-state index contributed by atoms with van der Waals surface area (Å²) in [5, 5.41) is 2.98. The number of carbonyl (C=O) groups excluding carboxylic acids is 1. The van der Waals surface area contributed by atoms with Gasteiger partial charge < -0.3 is 4.74 Å². The van der Waals surface area contributed by atoms with E-state index < -0.39 is 0 Å². The van der Waals surface area contributed by atoms with E-state index in [4.69, 9.17) is 4.74 Å². The van der Waals surface area contributed by atoms with Gasteiger partial charge in [0, 0.05) is 15.3 Å². The molecule has 1 aromatic carbocycles. The van der Waals surface area contributed by atoms with Crippen molar-refractivity contribution in [3.05, 3.63) is 43.8 Å². The predicted molar refractivity (Wildman–Crippen MR) is 89.4 cm³/mol. The molecule has 1 heterocycles. The molecule has 3 nitrogen and oxygen atoms in total. The number of ether oxygens (including phenoxy) is 1. The molecule has 0 N–H and O–H groups in total. The quantitative estimate of drug-likeness (QED) is 0.721. The average Bonchev–Trinajstić information content (AvgIpc) is 2.85. The van der Waals surface area contributed by atoms with Crippen LogP contribution in [-0.4, -0.2) is 11.3 Å². The van der Waals surface area contributed by atoms with Crippen LogP contribution in [0.4, 0.5) is 0 Å². The second kappa shape index (κ2) is 6.28. The lowest BCUT2D eigenvalue weighted by Gasteiger charge is -2.14. The van der Waals surface area contributed by atoms with Crippen LogP contribution in [0.1, 0.15) is 47.4 Å². The highest BCUT2D eigenvalue weighted by Crippen LogP contribution is 2.29. The molecule has 0 radical (unpaired) electrons. The summed E-state index contributed by atoms with van der Waals surface area (Å²) in [5.74, 6) is 0.626. The van der Waals surface area contributed by atoms with Crippen molar-refractivity contribution in [1.82, 2.24) is 4.98 Å². The van der Waals surface area contributed by atoms with E-state index in [0.717, 1.165) is 27.0 Å². The molecule has 0 aliphatic heterocycles. The minimum absolute atomic E-state index is 0.0379. The van der Waals surface area contributed by atoms with E-state index in [1.807, 2.05) is 13.0 Å². The molecule has 2 aromatic rings. The Labute approximate surface area is 137 Å². The van der Waals surface area contributed by atoms with Crippen molar-refractivity contribution in [3.63, 3.8) is 0 Å². The van der Waals surface area contributed by atoms with E-state index >= 15 is 0 Å². The molecule has 112 valence electrons. The number of nitrogens with zero attached hydrogens (tertiary/aromatic N) is 1. The van der Waals surface area contributed by atoms with Crippen LogP contribution in [0, 0.1) is 6.92 Å². The third-order valence-electron chi connectivity index (χ3n) is 3.06. The van der Waals surface area contributed by atoms with Gasteiger partial charge in [-0.2, -0.15) is 0 Å². The zero-order chi connectivity index (χ0) is 15.6. The highest BCUT2D eigenvalue weighted by Gasteiger charge is 2.18. The molecule has 0 bridgehead atoms. The molecule has 0 saturated carbocycles. The zero-order valence-electron chi connectivity index (χ0n) is 12.6. The standard InChI is InChI=1S/C16H18BrNO2S/c1-10-5-12(17)6-11(7-19)15(10)20-8-14-18-13(9-21-14)16(2,3)4/h5-7,9H,8H2,1-4H3. The van der Waals surface area contributed by atoms with Gasteiger partial charge in [-0.3, -0.25) is 4.79 Å². The predicted octanol–water partition coefficient (Wildman–Crippen LogP) is 4.90. The van der Waals surface area contributed by atoms with E-state index in [-0.39, 0.29) is 5.41 Å². The number of hydrogen-bond acceptors (Lipinski definition) is 4. The van der Waals surface area contributed by atoms with Gasteiger partial charge in [0.1, 0.15) is 17.4 Å². The Bertz CT molecular complexity index is 659. The van der Waals surface area contributed by atoms with Crippen molar-refractivity contribution in [2.75, 3.05) is 0 Å². The molecule has 2 rings (SSSR count). The van der Waals surface area contributed by atoms with E-state index in [0.29, 0.717) is 17.9 Å². The van der Waals surface area contributed by atoms with Gasteiger partial charge >= 0.3 is 0 Å². The first-order valence-corrected chi connectivity index (χ1v) is 8.31. The Hall–Kier alpha value is -1.20. The smallest absolute Gasteiger partial charge is 0.153 e. The van der Waals surface area contributed by atoms with Crippen molar-refractivity contribution in [1.29, 1.82) is 0 Å². The normalized spacial score (nSPS) is 11.5. The molecule has 0 aliphatic rings. The van der Waals surface area contributed by atoms with Crippen LogP contribution in [0.3, 0.4) is 0 Å². The van der Waals surface area contributed by atoms with Crippen molar-refractivity contribution >= 4 is 33.6 Å². The topological polar surface area (TPSA) is 39.2 Å². The van der Waals surface area contributed by atoms with E-state index in [1.165, 1.54) is 0 Å². The maximum atomic E-state index is 11.2. The van der Waals surface area contributed by atoms with E-state index in [9.17, 15) is 4.79 Å². The van der Waals surface area contributed by atoms with Crippen LogP contribution >= 0.6 is 27.3 Å². The number of carbonyl (C=O) groups is 1. The number of aromatic nitrogens is 1. The zero-order valence-corrected chi connectivity index (χ0v) is 15.0. The largest absolute Gasteiger partial charge is 0.485 e. The Morgan fingerprint density at radius 1 is 1.38 bits per heavy atom. The number of rotatable bonds is 4. The highest BCUT2D eigenvalue weighted by molar-refractivity contribution is 9.10. The summed E-state index contributed by atoms with van der Waals surface area (Å²) in [6, 6.07) is 3.70. The lowest BCUT2D eigenvalue weighted by molar-refractivity contribution is 0.111. The molecule has 21 heavy (non-hydrogen) atoms. The molecule has 5 heteroatoms. The van der Waals surface area contributed by atoms with Crippen LogP contribution in [0.15, 0.2) is 22.0 Å². The lowest BCUT2D eigenvalue weighted by atomic mass is 9.93. The third-order valence-corrected chi connectivity index (χ3v) is 4.34. The summed E-state index contributed by atoms with van der Waals surface area (Å²) in [6.07, 6.45) is 0.815. The van der Waals surface area contributed by atoms with Crippen molar-refractivity contribution in [2.45, 2.75) is 39.7 Å². The summed E-state index contributed by atoms with van der Waals surface area (Å²) >= 11 is 4.97. The molecular formula is C16H18BrNO2S. The second-order valence-electron chi connectivity index (χ2n) is 5.92. The van der Waals surface area contributed by atoms with Gasteiger partial charge in [0.2, 0.25) is 0 Å². The minimum atomic E-state index is 0.0379. The SMILES string of the molecule is Cc1cc(Br)cc(C=O)c1OCc1nc(C(C)(C)C)cs1. The first-order chi connectivity index (χ1) is 9.81. The second-order valence-corrected chi connectivity index (χ2v) is 7.78. The van der Waals surface area contributed by atoms with E-state index in [2.05, 4.69) is 47.1 Å². The van der Waals surface area contributed by atoms with Gasteiger partial charge in [0.15, 0.2) is 6.29 Å². The summed E-state index contributed by atoms with van der Waals surface area (Å²) in [7, 11) is 0. The maximum Gasteiger partial charge on any atom is 0.153 e. The number of hydrogen-bond donors (Lipinski definition) is 0. The number of benzene rings is 1. The molecule has 0 aliphatic carbocycles. The Morgan fingerprint density at radius 2 is 2.10 bits per heavy atom. The summed E-state index contributed by atoms with van der Waals surface area (Å²) in [6.45, 7) is 8.71. The molecule has 0 atom stereocenters. The summed E-state index contributed by atoms with van der Waals surface area (Å²) < 4.78 is 6.70. The summed E-state index contributed by atoms with van der Waals surface area (Å²) in [4.78, 5) is 15.8. The van der Waals surface area contributed by atoms with E-state index in [1.54, 1.807) is 17.4 Å².